The van der Waals surface area contributed by atoms with E-state index in [9.17, 15) is 4.79 Å². The van der Waals surface area contributed by atoms with Crippen molar-refractivity contribution in [1.82, 2.24) is 5.32 Å². The second-order valence-corrected chi connectivity index (χ2v) is 6.80. The van der Waals surface area contributed by atoms with Crippen molar-refractivity contribution in [2.45, 2.75) is 38.6 Å². The monoisotopic (exact) mass is 336 g/mol. The van der Waals surface area contributed by atoms with E-state index in [4.69, 9.17) is 0 Å². The summed E-state index contributed by atoms with van der Waals surface area (Å²) >= 11 is 3.48. The van der Waals surface area contributed by atoms with Crippen LogP contribution in [-0.2, 0) is 11.2 Å². The standard InChI is InChI=1S/C16H21BrN2O/c1-2-10-8-12(17)6-7-14(10)19-16(20)15-13-5-3-4-11(13)9-18-15/h6-8,11,13,15,18H,2-5,9H2,1H3,(H,19,20). The molecule has 0 radical (unpaired) electrons. The number of halogens is 1. The van der Waals surface area contributed by atoms with Gasteiger partial charge >= 0.3 is 0 Å². The molecule has 4 heteroatoms. The zero-order valence-corrected chi connectivity index (χ0v) is 13.4. The Morgan fingerprint density at radius 2 is 2.30 bits per heavy atom. The van der Waals surface area contributed by atoms with E-state index in [0.29, 0.717) is 11.8 Å². The predicted molar refractivity (Wildman–Crippen MR) is 84.8 cm³/mol. The average molecular weight is 337 g/mol. The van der Waals surface area contributed by atoms with Crippen LogP contribution in [0.3, 0.4) is 0 Å². The summed E-state index contributed by atoms with van der Waals surface area (Å²) in [6, 6.07) is 6.04. The SMILES string of the molecule is CCc1cc(Br)ccc1NC(=O)C1NCC2CCCC21. The highest BCUT2D eigenvalue weighted by Crippen LogP contribution is 2.38. The third-order valence-corrected chi connectivity index (χ3v) is 5.23. The first-order chi connectivity index (χ1) is 9.69. The maximum Gasteiger partial charge on any atom is 0.241 e. The minimum atomic E-state index is -0.00384. The molecule has 3 nitrogen and oxygen atoms in total. The van der Waals surface area contributed by atoms with Crippen LogP contribution in [0.5, 0.6) is 0 Å². The normalized spacial score (nSPS) is 28.4. The minimum absolute atomic E-state index is 0.00384. The van der Waals surface area contributed by atoms with Crippen LogP contribution in [0.1, 0.15) is 31.7 Å². The van der Waals surface area contributed by atoms with E-state index in [1.54, 1.807) is 0 Å². The van der Waals surface area contributed by atoms with Crippen LogP contribution in [0.4, 0.5) is 5.69 Å². The quantitative estimate of drug-likeness (QED) is 0.888. The second-order valence-electron chi connectivity index (χ2n) is 5.89. The lowest BCUT2D eigenvalue weighted by atomic mass is 9.93. The Kier molecular flexibility index (Phi) is 4.13. The van der Waals surface area contributed by atoms with Gasteiger partial charge in [-0.25, -0.2) is 0 Å². The summed E-state index contributed by atoms with van der Waals surface area (Å²) in [6.07, 6.45) is 4.66. The van der Waals surface area contributed by atoms with Gasteiger partial charge in [0.1, 0.15) is 0 Å². The number of carbonyl (C=O) groups is 1. The Labute approximate surface area is 128 Å². The van der Waals surface area contributed by atoms with Crippen molar-refractivity contribution in [3.8, 4) is 0 Å². The van der Waals surface area contributed by atoms with Crippen LogP contribution in [0.25, 0.3) is 0 Å². The summed E-state index contributed by atoms with van der Waals surface area (Å²) in [7, 11) is 0. The summed E-state index contributed by atoms with van der Waals surface area (Å²) in [5.74, 6) is 1.38. The lowest BCUT2D eigenvalue weighted by Crippen LogP contribution is -2.39. The van der Waals surface area contributed by atoms with Gasteiger partial charge in [0, 0.05) is 10.2 Å². The van der Waals surface area contributed by atoms with Crippen LogP contribution in [-0.4, -0.2) is 18.5 Å². The van der Waals surface area contributed by atoms with E-state index in [0.717, 1.165) is 23.1 Å². The van der Waals surface area contributed by atoms with Crippen LogP contribution < -0.4 is 10.6 Å². The highest BCUT2D eigenvalue weighted by atomic mass is 79.9. The Hall–Kier alpha value is -0.870. The predicted octanol–water partition coefficient (Wildman–Crippen LogP) is 3.34. The topological polar surface area (TPSA) is 41.1 Å². The number of amides is 1. The number of carbonyl (C=O) groups excluding carboxylic acids is 1. The van der Waals surface area contributed by atoms with Gasteiger partial charge in [0.05, 0.1) is 6.04 Å². The lowest BCUT2D eigenvalue weighted by molar-refractivity contribution is -0.118. The molecule has 1 aliphatic carbocycles. The van der Waals surface area contributed by atoms with Crippen molar-refractivity contribution < 1.29 is 4.79 Å². The zero-order chi connectivity index (χ0) is 14.1. The highest BCUT2D eigenvalue weighted by Gasteiger charge is 2.42. The molecule has 108 valence electrons. The molecule has 1 amide bonds. The fourth-order valence-corrected chi connectivity index (χ4v) is 4.07. The van der Waals surface area contributed by atoms with Crippen molar-refractivity contribution in [3.63, 3.8) is 0 Å². The molecule has 0 spiro atoms. The number of aryl methyl sites for hydroxylation is 1. The molecule has 2 aliphatic rings. The fraction of sp³-hybridized carbons (Fsp3) is 0.562. The van der Waals surface area contributed by atoms with E-state index in [1.165, 1.54) is 24.8 Å². The van der Waals surface area contributed by atoms with E-state index >= 15 is 0 Å². The molecule has 20 heavy (non-hydrogen) atoms. The van der Waals surface area contributed by atoms with Gasteiger partial charge in [-0.1, -0.05) is 29.3 Å². The van der Waals surface area contributed by atoms with Crippen LogP contribution in [0.15, 0.2) is 22.7 Å². The summed E-state index contributed by atoms with van der Waals surface area (Å²) in [5, 5.41) is 6.53. The molecular formula is C16H21BrN2O. The van der Waals surface area contributed by atoms with Crippen LogP contribution in [0, 0.1) is 11.8 Å². The minimum Gasteiger partial charge on any atom is -0.324 e. The van der Waals surface area contributed by atoms with Gasteiger partial charge in [-0.3, -0.25) is 4.79 Å². The van der Waals surface area contributed by atoms with Crippen molar-refractivity contribution in [3.05, 3.63) is 28.2 Å². The Morgan fingerprint density at radius 3 is 3.10 bits per heavy atom. The molecular weight excluding hydrogens is 316 g/mol. The number of nitrogens with one attached hydrogen (secondary N) is 2. The largest absolute Gasteiger partial charge is 0.324 e. The summed E-state index contributed by atoms with van der Waals surface area (Å²) in [6.45, 7) is 3.11. The molecule has 2 N–H and O–H groups in total. The molecule has 0 aromatic heterocycles. The number of fused-ring (bicyclic) bond motifs is 1. The Bertz CT molecular complexity index is 517. The van der Waals surface area contributed by atoms with Crippen molar-refractivity contribution in [2.24, 2.45) is 11.8 Å². The van der Waals surface area contributed by atoms with E-state index < -0.39 is 0 Å². The van der Waals surface area contributed by atoms with Crippen molar-refractivity contribution in [1.29, 1.82) is 0 Å². The molecule has 1 aromatic rings. The summed E-state index contributed by atoms with van der Waals surface area (Å²) in [4.78, 5) is 12.5. The molecule has 1 saturated carbocycles. The maximum absolute atomic E-state index is 12.5. The average Bonchev–Trinajstić information content (AvgIpc) is 3.03. The molecule has 3 rings (SSSR count). The Balaban J connectivity index is 1.73. The Morgan fingerprint density at radius 1 is 1.45 bits per heavy atom. The van der Waals surface area contributed by atoms with Crippen molar-refractivity contribution in [2.75, 3.05) is 11.9 Å². The maximum atomic E-state index is 12.5. The first kappa shape index (κ1) is 14.1. The number of anilines is 1. The number of benzene rings is 1. The third kappa shape index (κ3) is 2.63. The second kappa shape index (κ2) is 5.86. The third-order valence-electron chi connectivity index (χ3n) is 4.73. The van der Waals surface area contributed by atoms with Gasteiger partial charge in [-0.15, -0.1) is 0 Å². The van der Waals surface area contributed by atoms with Gasteiger partial charge in [-0.2, -0.15) is 0 Å². The molecule has 1 saturated heterocycles. The first-order valence-corrected chi connectivity index (χ1v) is 8.31. The molecule has 1 aromatic carbocycles. The number of hydrogen-bond donors (Lipinski definition) is 2. The van der Waals surface area contributed by atoms with Gasteiger partial charge in [-0.05, 0) is 61.4 Å². The van der Waals surface area contributed by atoms with E-state index in [-0.39, 0.29) is 11.9 Å². The van der Waals surface area contributed by atoms with Gasteiger partial charge in [0.15, 0.2) is 0 Å². The summed E-state index contributed by atoms with van der Waals surface area (Å²) in [5.41, 5.74) is 2.12. The first-order valence-electron chi connectivity index (χ1n) is 7.51. The van der Waals surface area contributed by atoms with Crippen molar-refractivity contribution >= 4 is 27.5 Å². The number of rotatable bonds is 3. The number of hydrogen-bond acceptors (Lipinski definition) is 2. The van der Waals surface area contributed by atoms with Gasteiger partial charge in [0.25, 0.3) is 0 Å². The molecule has 3 atom stereocenters. The molecule has 3 unspecified atom stereocenters. The fourth-order valence-electron chi connectivity index (χ4n) is 3.66. The zero-order valence-electron chi connectivity index (χ0n) is 11.8. The molecule has 0 bridgehead atoms. The smallest absolute Gasteiger partial charge is 0.241 e. The van der Waals surface area contributed by atoms with E-state index in [2.05, 4.69) is 39.6 Å². The van der Waals surface area contributed by atoms with Gasteiger partial charge in [0.2, 0.25) is 5.91 Å². The highest BCUT2D eigenvalue weighted by molar-refractivity contribution is 9.10. The lowest BCUT2D eigenvalue weighted by Gasteiger charge is -2.19. The summed E-state index contributed by atoms with van der Waals surface area (Å²) < 4.78 is 1.06. The van der Waals surface area contributed by atoms with E-state index in [1.807, 2.05) is 12.1 Å². The molecule has 2 fully saturated rings. The van der Waals surface area contributed by atoms with Crippen LogP contribution >= 0.6 is 15.9 Å². The molecule has 1 heterocycles. The molecule has 1 aliphatic heterocycles. The van der Waals surface area contributed by atoms with Crippen LogP contribution in [0.2, 0.25) is 0 Å². The van der Waals surface area contributed by atoms with Gasteiger partial charge < -0.3 is 10.6 Å².